The molecule has 0 saturated carbocycles. The molecular weight excluding hydrogens is 238 g/mol. The highest BCUT2D eigenvalue weighted by atomic mass is 32.3. The summed E-state index contributed by atoms with van der Waals surface area (Å²) in [4.78, 5) is 21.8. The Morgan fingerprint density at radius 3 is 1.81 bits per heavy atom. The van der Waals surface area contributed by atoms with E-state index in [0.717, 1.165) is 6.42 Å². The van der Waals surface area contributed by atoms with E-state index in [0.29, 0.717) is 12.8 Å². The Kier molecular flexibility index (Phi) is 5.04. The number of nitrogens with one attached hydrogen (secondary N) is 1. The van der Waals surface area contributed by atoms with Crippen LogP contribution in [0.1, 0.15) is 33.1 Å². The summed E-state index contributed by atoms with van der Waals surface area (Å²) < 4.78 is 31.6. The Hall–Kier alpha value is -0.990. The topological polar surface area (TPSA) is 121 Å². The van der Waals surface area contributed by atoms with Crippen molar-refractivity contribution in [3.63, 3.8) is 0 Å². The predicted octanol–water partition coefficient (Wildman–Crippen LogP) is 0.186. The molecule has 7 nitrogen and oxygen atoms in total. The fraction of sp³-hybridized carbons (Fsp3) is 0.750. The van der Waals surface area contributed by atoms with E-state index in [9.17, 15) is 9.59 Å². The molecule has 0 spiro atoms. The van der Waals surface area contributed by atoms with Crippen LogP contribution in [0.3, 0.4) is 0 Å². The molecule has 0 aromatic heterocycles. The van der Waals surface area contributed by atoms with Crippen molar-refractivity contribution in [2.24, 2.45) is 5.41 Å². The normalized spacial score (nSPS) is 19.5. The molecule has 1 aliphatic rings. The summed E-state index contributed by atoms with van der Waals surface area (Å²) in [6.07, 6.45) is 1.84. The van der Waals surface area contributed by atoms with Gasteiger partial charge in [-0.2, -0.15) is 8.42 Å². The van der Waals surface area contributed by atoms with Crippen molar-refractivity contribution >= 4 is 22.2 Å². The fourth-order valence-corrected chi connectivity index (χ4v) is 1.33. The van der Waals surface area contributed by atoms with Crippen LogP contribution in [0.4, 0.5) is 0 Å². The van der Waals surface area contributed by atoms with Crippen molar-refractivity contribution in [3.05, 3.63) is 0 Å². The van der Waals surface area contributed by atoms with Crippen molar-refractivity contribution in [1.82, 2.24) is 5.32 Å². The molecule has 3 N–H and O–H groups in total. The summed E-state index contributed by atoms with van der Waals surface area (Å²) in [5.41, 5.74) is -0.0978. The molecule has 1 heterocycles. The van der Waals surface area contributed by atoms with Gasteiger partial charge in [0, 0.05) is 12.8 Å². The molecular formula is C8H15NO6S. The lowest BCUT2D eigenvalue weighted by Gasteiger charge is -2.30. The van der Waals surface area contributed by atoms with Gasteiger partial charge in [0.05, 0.1) is 0 Å². The average Bonchev–Trinajstić information content (AvgIpc) is 1.98. The molecule has 0 aromatic carbocycles. The molecule has 0 aromatic rings. The van der Waals surface area contributed by atoms with E-state index in [1.165, 1.54) is 0 Å². The molecule has 2 amide bonds. The smallest absolute Gasteiger partial charge is 0.296 e. The minimum absolute atomic E-state index is 0.0978. The number of piperidine rings is 1. The Morgan fingerprint density at radius 2 is 1.56 bits per heavy atom. The molecule has 0 radical (unpaired) electrons. The third kappa shape index (κ3) is 7.32. The zero-order valence-electron chi connectivity index (χ0n) is 9.06. The van der Waals surface area contributed by atoms with Crippen LogP contribution < -0.4 is 5.32 Å². The Morgan fingerprint density at radius 1 is 1.25 bits per heavy atom. The molecule has 1 rings (SSSR count). The molecule has 1 aliphatic heterocycles. The van der Waals surface area contributed by atoms with Crippen LogP contribution in [0.15, 0.2) is 0 Å². The molecule has 0 aliphatic carbocycles. The average molecular weight is 253 g/mol. The second-order valence-corrected chi connectivity index (χ2v) is 4.83. The molecule has 94 valence electrons. The highest BCUT2D eigenvalue weighted by Gasteiger charge is 2.33. The van der Waals surface area contributed by atoms with Gasteiger partial charge in [0.2, 0.25) is 11.8 Å². The van der Waals surface area contributed by atoms with Crippen LogP contribution in [0.25, 0.3) is 0 Å². The quantitative estimate of drug-likeness (QED) is 0.453. The number of rotatable bonds is 1. The van der Waals surface area contributed by atoms with Gasteiger partial charge in [-0.05, 0) is 11.8 Å². The summed E-state index contributed by atoms with van der Waals surface area (Å²) in [6, 6.07) is 0. The van der Waals surface area contributed by atoms with E-state index < -0.39 is 10.4 Å². The van der Waals surface area contributed by atoms with Crippen molar-refractivity contribution in [3.8, 4) is 0 Å². The number of hydrogen-bond donors (Lipinski definition) is 3. The van der Waals surface area contributed by atoms with E-state index in [2.05, 4.69) is 5.32 Å². The summed E-state index contributed by atoms with van der Waals surface area (Å²) in [6.45, 7) is 3.98. The number of amides is 2. The largest absolute Gasteiger partial charge is 0.394 e. The number of imide groups is 1. The molecule has 1 saturated heterocycles. The number of hydrogen-bond acceptors (Lipinski definition) is 4. The molecule has 1 fully saturated rings. The van der Waals surface area contributed by atoms with Gasteiger partial charge >= 0.3 is 10.4 Å². The maximum Gasteiger partial charge on any atom is 0.394 e. The van der Waals surface area contributed by atoms with Crippen LogP contribution in [0.5, 0.6) is 0 Å². The van der Waals surface area contributed by atoms with Crippen molar-refractivity contribution < 1.29 is 27.1 Å². The lowest BCUT2D eigenvalue weighted by atomic mass is 9.78. The van der Waals surface area contributed by atoms with Crippen LogP contribution in [-0.2, 0) is 20.0 Å². The number of carbonyl (C=O) groups excluding carboxylic acids is 2. The highest BCUT2D eigenvalue weighted by molar-refractivity contribution is 7.79. The second kappa shape index (κ2) is 5.37. The minimum Gasteiger partial charge on any atom is -0.296 e. The molecule has 0 unspecified atom stereocenters. The Labute approximate surface area is 93.8 Å². The fourth-order valence-electron chi connectivity index (χ4n) is 1.33. The summed E-state index contributed by atoms with van der Waals surface area (Å²) in [7, 11) is -4.67. The second-order valence-electron chi connectivity index (χ2n) is 3.94. The zero-order valence-corrected chi connectivity index (χ0v) is 9.87. The first-order chi connectivity index (χ1) is 7.06. The van der Waals surface area contributed by atoms with Crippen LogP contribution in [0, 0.1) is 5.41 Å². The summed E-state index contributed by atoms with van der Waals surface area (Å²) in [5, 5.41) is 2.29. The summed E-state index contributed by atoms with van der Waals surface area (Å²) in [5.74, 6) is -0.267. The first-order valence-electron chi connectivity index (χ1n) is 4.58. The zero-order chi connectivity index (χ0) is 13.0. The first-order valence-corrected chi connectivity index (χ1v) is 5.98. The lowest BCUT2D eigenvalue weighted by molar-refractivity contribution is -0.137. The Bertz CT molecular complexity index is 350. The Balaban J connectivity index is 0.000000385. The van der Waals surface area contributed by atoms with E-state index in [1.54, 1.807) is 0 Å². The standard InChI is InChI=1S/C8H13NO2.H2O4S/c1-3-8(2)4-6(10)9-7(11)5-8;1-5(2,3)4/h3-5H2,1-2H3,(H,9,10,11);(H2,1,2,3,4). The maximum absolute atomic E-state index is 10.9. The predicted molar refractivity (Wildman–Crippen MR) is 55.0 cm³/mol. The van der Waals surface area contributed by atoms with Gasteiger partial charge in [0.1, 0.15) is 0 Å². The van der Waals surface area contributed by atoms with Gasteiger partial charge in [-0.15, -0.1) is 0 Å². The molecule has 0 bridgehead atoms. The molecule has 8 heteroatoms. The maximum atomic E-state index is 10.9. The van der Waals surface area contributed by atoms with E-state index in [1.807, 2.05) is 13.8 Å². The van der Waals surface area contributed by atoms with Crippen molar-refractivity contribution in [2.45, 2.75) is 33.1 Å². The molecule has 16 heavy (non-hydrogen) atoms. The monoisotopic (exact) mass is 253 g/mol. The molecule has 0 atom stereocenters. The first kappa shape index (κ1) is 15.0. The third-order valence-electron chi connectivity index (χ3n) is 2.31. The minimum atomic E-state index is -4.67. The van der Waals surface area contributed by atoms with E-state index >= 15 is 0 Å². The SMILES string of the molecule is CCC1(C)CC(=O)NC(=O)C1.O=S(=O)(O)O. The van der Waals surface area contributed by atoms with Gasteiger partial charge in [0.15, 0.2) is 0 Å². The summed E-state index contributed by atoms with van der Waals surface area (Å²) >= 11 is 0. The van der Waals surface area contributed by atoms with Crippen LogP contribution in [0.2, 0.25) is 0 Å². The van der Waals surface area contributed by atoms with Crippen molar-refractivity contribution in [2.75, 3.05) is 0 Å². The van der Waals surface area contributed by atoms with Gasteiger partial charge in [-0.3, -0.25) is 24.0 Å². The van der Waals surface area contributed by atoms with Gasteiger partial charge in [-0.1, -0.05) is 13.8 Å². The van der Waals surface area contributed by atoms with Gasteiger partial charge in [0.25, 0.3) is 0 Å². The van der Waals surface area contributed by atoms with E-state index in [-0.39, 0.29) is 17.2 Å². The lowest BCUT2D eigenvalue weighted by Crippen LogP contribution is -2.43. The van der Waals surface area contributed by atoms with Crippen molar-refractivity contribution in [1.29, 1.82) is 0 Å². The van der Waals surface area contributed by atoms with Gasteiger partial charge < -0.3 is 0 Å². The highest BCUT2D eigenvalue weighted by Crippen LogP contribution is 2.31. The number of carbonyl (C=O) groups is 2. The van der Waals surface area contributed by atoms with Gasteiger partial charge in [-0.25, -0.2) is 0 Å². The third-order valence-corrected chi connectivity index (χ3v) is 2.31. The van der Waals surface area contributed by atoms with Crippen LogP contribution >= 0.6 is 0 Å². The van der Waals surface area contributed by atoms with E-state index in [4.69, 9.17) is 17.5 Å². The van der Waals surface area contributed by atoms with Crippen LogP contribution in [-0.4, -0.2) is 29.3 Å².